The van der Waals surface area contributed by atoms with Crippen molar-refractivity contribution in [1.82, 2.24) is 4.98 Å². The molecule has 3 nitrogen and oxygen atoms in total. The Balaban J connectivity index is 2.18. The zero-order chi connectivity index (χ0) is 14.5. The Morgan fingerprint density at radius 1 is 1.30 bits per heavy atom. The first kappa shape index (κ1) is 14.5. The van der Waals surface area contributed by atoms with Gasteiger partial charge in [0, 0.05) is 5.56 Å². The van der Waals surface area contributed by atoms with Gasteiger partial charge in [-0.1, -0.05) is 26.0 Å². The number of benzene rings is 1. The molecule has 1 atom stereocenters. The lowest BCUT2D eigenvalue weighted by atomic mass is 9.99. The summed E-state index contributed by atoms with van der Waals surface area (Å²) in [7, 11) is 0. The molecule has 0 spiro atoms. The van der Waals surface area contributed by atoms with Crippen LogP contribution >= 0.6 is 0 Å². The van der Waals surface area contributed by atoms with Gasteiger partial charge in [-0.25, -0.2) is 9.37 Å². The van der Waals surface area contributed by atoms with Crippen LogP contribution in [0, 0.1) is 5.82 Å². The number of aliphatic hydroxyl groups excluding tert-OH is 1. The maximum Gasteiger partial charge on any atom is 0.224 e. The summed E-state index contributed by atoms with van der Waals surface area (Å²) in [6.45, 7) is 4.00. The highest BCUT2D eigenvalue weighted by Gasteiger charge is 2.08. The summed E-state index contributed by atoms with van der Waals surface area (Å²) in [5.74, 6) is 0.852. The van der Waals surface area contributed by atoms with Crippen LogP contribution in [0.4, 0.5) is 4.39 Å². The van der Waals surface area contributed by atoms with Crippen molar-refractivity contribution in [3.8, 4) is 11.6 Å². The summed E-state index contributed by atoms with van der Waals surface area (Å²) < 4.78 is 18.6. The number of halogens is 1. The Labute approximate surface area is 118 Å². The molecule has 1 unspecified atom stereocenters. The molecule has 0 aliphatic carbocycles. The molecule has 1 aromatic carbocycles. The quantitative estimate of drug-likeness (QED) is 0.896. The van der Waals surface area contributed by atoms with Crippen LogP contribution in [0.2, 0.25) is 0 Å². The topological polar surface area (TPSA) is 42.4 Å². The predicted molar refractivity (Wildman–Crippen MR) is 75.3 cm³/mol. The maximum absolute atomic E-state index is 13.0. The van der Waals surface area contributed by atoms with Crippen LogP contribution in [0.15, 0.2) is 36.5 Å². The minimum Gasteiger partial charge on any atom is -0.439 e. The molecule has 0 fully saturated rings. The van der Waals surface area contributed by atoms with Gasteiger partial charge in [-0.15, -0.1) is 0 Å². The van der Waals surface area contributed by atoms with E-state index in [1.54, 1.807) is 0 Å². The van der Waals surface area contributed by atoms with Crippen LogP contribution in [0.5, 0.6) is 11.6 Å². The molecule has 106 valence electrons. The van der Waals surface area contributed by atoms with Crippen LogP contribution in [-0.4, -0.2) is 10.1 Å². The van der Waals surface area contributed by atoms with Gasteiger partial charge >= 0.3 is 0 Å². The molecule has 0 saturated heterocycles. The van der Waals surface area contributed by atoms with E-state index in [9.17, 15) is 9.50 Å². The molecule has 0 aliphatic rings. The fourth-order valence-electron chi connectivity index (χ4n) is 1.89. The van der Waals surface area contributed by atoms with Gasteiger partial charge in [-0.05, 0) is 36.1 Å². The number of hydrogen-bond donors (Lipinski definition) is 1. The lowest BCUT2D eigenvalue weighted by Crippen LogP contribution is -1.97. The summed E-state index contributed by atoms with van der Waals surface area (Å²) in [5, 5.41) is 9.18. The second-order valence-electron chi connectivity index (χ2n) is 4.76. The Bertz CT molecular complexity index is 569. The monoisotopic (exact) mass is 275 g/mol. The molecule has 0 bridgehead atoms. The zero-order valence-electron chi connectivity index (χ0n) is 11.6. The van der Waals surface area contributed by atoms with Crippen LogP contribution in [0.3, 0.4) is 0 Å². The van der Waals surface area contributed by atoms with Gasteiger partial charge in [0.1, 0.15) is 11.6 Å². The van der Waals surface area contributed by atoms with Crippen molar-refractivity contribution < 1.29 is 14.2 Å². The van der Waals surface area contributed by atoms with Gasteiger partial charge in [0.15, 0.2) is 0 Å². The minimum absolute atomic E-state index is 0.227. The van der Waals surface area contributed by atoms with E-state index in [0.717, 1.165) is 12.6 Å². The number of nitrogens with zero attached hydrogens (tertiary/aromatic N) is 1. The fourth-order valence-corrected chi connectivity index (χ4v) is 1.89. The normalized spacial score (nSPS) is 12.2. The second kappa shape index (κ2) is 6.48. The summed E-state index contributed by atoms with van der Waals surface area (Å²) >= 11 is 0. The van der Waals surface area contributed by atoms with Gasteiger partial charge in [0.05, 0.1) is 12.8 Å². The van der Waals surface area contributed by atoms with Crippen LogP contribution < -0.4 is 4.74 Å². The standard InChI is InChI=1S/C16H18FNO2/c1-3-11(2)12-4-6-15(7-5-12)20-16-13(10-19)8-14(17)9-18-16/h4-9,11,19H,3,10H2,1-2H3. The average Bonchev–Trinajstić information content (AvgIpc) is 2.49. The molecular weight excluding hydrogens is 257 g/mol. The number of hydrogen-bond acceptors (Lipinski definition) is 3. The molecule has 1 heterocycles. The molecule has 2 rings (SSSR count). The first-order valence-electron chi connectivity index (χ1n) is 6.67. The number of rotatable bonds is 5. The highest BCUT2D eigenvalue weighted by Crippen LogP contribution is 2.26. The maximum atomic E-state index is 13.0. The Morgan fingerprint density at radius 3 is 2.60 bits per heavy atom. The fraction of sp³-hybridized carbons (Fsp3) is 0.312. The molecule has 1 N–H and O–H groups in total. The average molecular weight is 275 g/mol. The zero-order valence-corrected chi connectivity index (χ0v) is 11.6. The van der Waals surface area contributed by atoms with E-state index in [4.69, 9.17) is 4.74 Å². The Hall–Kier alpha value is -1.94. The smallest absolute Gasteiger partial charge is 0.224 e. The molecule has 4 heteroatoms. The Morgan fingerprint density at radius 2 is 2.00 bits per heavy atom. The van der Waals surface area contributed by atoms with Crippen molar-refractivity contribution in [2.75, 3.05) is 0 Å². The highest BCUT2D eigenvalue weighted by atomic mass is 19.1. The van der Waals surface area contributed by atoms with Crippen LogP contribution in [0.1, 0.15) is 37.3 Å². The number of ether oxygens (including phenoxy) is 1. The van der Waals surface area contributed by atoms with Gasteiger partial charge < -0.3 is 9.84 Å². The van der Waals surface area contributed by atoms with Crippen LogP contribution in [-0.2, 0) is 6.61 Å². The van der Waals surface area contributed by atoms with Gasteiger partial charge in [-0.3, -0.25) is 0 Å². The van der Waals surface area contributed by atoms with Crippen molar-refractivity contribution in [2.45, 2.75) is 32.8 Å². The third kappa shape index (κ3) is 3.33. The molecule has 1 aromatic heterocycles. The van der Waals surface area contributed by atoms with Crippen molar-refractivity contribution in [1.29, 1.82) is 0 Å². The molecule has 20 heavy (non-hydrogen) atoms. The second-order valence-corrected chi connectivity index (χ2v) is 4.76. The summed E-state index contributed by atoms with van der Waals surface area (Å²) in [6, 6.07) is 8.94. The third-order valence-electron chi connectivity index (χ3n) is 3.34. The van der Waals surface area contributed by atoms with Crippen LogP contribution in [0.25, 0.3) is 0 Å². The van der Waals surface area contributed by atoms with E-state index in [1.165, 1.54) is 11.6 Å². The number of pyridine rings is 1. The lowest BCUT2D eigenvalue weighted by molar-refractivity contribution is 0.274. The molecule has 0 amide bonds. The SMILES string of the molecule is CCC(C)c1ccc(Oc2ncc(F)cc2CO)cc1. The first-order valence-corrected chi connectivity index (χ1v) is 6.67. The van der Waals surface area contributed by atoms with Crippen molar-refractivity contribution in [3.63, 3.8) is 0 Å². The van der Waals surface area contributed by atoms with E-state index in [2.05, 4.69) is 18.8 Å². The van der Waals surface area contributed by atoms with Gasteiger partial charge in [0.2, 0.25) is 5.88 Å². The number of aromatic nitrogens is 1. The Kier molecular flexibility index (Phi) is 4.69. The summed E-state index contributed by atoms with van der Waals surface area (Å²) in [6.07, 6.45) is 2.15. The predicted octanol–water partition coefficient (Wildman–Crippen LogP) is 4.02. The molecular formula is C16H18FNO2. The molecule has 0 saturated carbocycles. The highest BCUT2D eigenvalue weighted by molar-refractivity contribution is 5.34. The minimum atomic E-state index is -0.492. The largest absolute Gasteiger partial charge is 0.439 e. The lowest BCUT2D eigenvalue weighted by Gasteiger charge is -2.11. The van der Waals surface area contributed by atoms with E-state index < -0.39 is 5.82 Å². The van der Waals surface area contributed by atoms with Gasteiger partial charge in [0.25, 0.3) is 0 Å². The first-order chi connectivity index (χ1) is 9.63. The summed E-state index contributed by atoms with van der Waals surface area (Å²) in [4.78, 5) is 3.86. The van der Waals surface area contributed by atoms with E-state index >= 15 is 0 Å². The summed E-state index contributed by atoms with van der Waals surface area (Å²) in [5.41, 5.74) is 1.57. The van der Waals surface area contributed by atoms with E-state index in [-0.39, 0.29) is 12.5 Å². The van der Waals surface area contributed by atoms with E-state index in [0.29, 0.717) is 17.2 Å². The van der Waals surface area contributed by atoms with Gasteiger partial charge in [-0.2, -0.15) is 0 Å². The van der Waals surface area contributed by atoms with Crippen molar-refractivity contribution in [2.24, 2.45) is 0 Å². The molecule has 0 radical (unpaired) electrons. The van der Waals surface area contributed by atoms with Crippen molar-refractivity contribution >= 4 is 0 Å². The van der Waals surface area contributed by atoms with E-state index in [1.807, 2.05) is 24.3 Å². The third-order valence-corrected chi connectivity index (χ3v) is 3.34. The number of aliphatic hydroxyl groups is 1. The molecule has 2 aromatic rings. The molecule has 0 aliphatic heterocycles. The van der Waals surface area contributed by atoms with Crippen molar-refractivity contribution in [3.05, 3.63) is 53.5 Å².